The van der Waals surface area contributed by atoms with Gasteiger partial charge in [-0.25, -0.2) is 15.0 Å². The number of carbonyl (C=O) groups is 2. The van der Waals surface area contributed by atoms with Gasteiger partial charge in [0.15, 0.2) is 12.2 Å². The lowest BCUT2D eigenvalue weighted by molar-refractivity contribution is -0.133. The number of β-amino-alcohol motifs (C(OH)–C–C–N with tert-alkyl or cyclic N) is 1. The summed E-state index contributed by atoms with van der Waals surface area (Å²) in [4.78, 5) is 41.6. The number of aliphatic hydroxyl groups is 1. The average Bonchev–Trinajstić information content (AvgIpc) is 3.54. The number of oxazole rings is 1. The molecule has 2 saturated heterocycles. The maximum Gasteiger partial charge on any atom is 0.270 e. The summed E-state index contributed by atoms with van der Waals surface area (Å²) in [6.07, 6.45) is 6.73. The summed E-state index contributed by atoms with van der Waals surface area (Å²) in [5.41, 5.74) is 3.51. The molecule has 0 radical (unpaired) electrons. The zero-order valence-electron chi connectivity index (χ0n) is 24.7. The Kier molecular flexibility index (Phi) is 8.57. The first-order valence-corrected chi connectivity index (χ1v) is 15.0. The normalized spacial score (nSPS) is 22.1. The van der Waals surface area contributed by atoms with Crippen LogP contribution in [0.2, 0.25) is 0 Å². The van der Waals surface area contributed by atoms with Gasteiger partial charge in [0, 0.05) is 57.3 Å². The number of nitrogens with one attached hydrogen (secondary N) is 2. The number of benzene rings is 1. The van der Waals surface area contributed by atoms with Crippen LogP contribution in [0.5, 0.6) is 5.75 Å². The molecule has 2 bridgehead atoms. The summed E-state index contributed by atoms with van der Waals surface area (Å²) in [7, 11) is 0. The highest BCUT2D eigenvalue weighted by atomic mass is 16.5. The number of aryl methyl sites for hydroxylation is 1. The van der Waals surface area contributed by atoms with E-state index >= 15 is 0 Å². The van der Waals surface area contributed by atoms with Crippen molar-refractivity contribution in [1.29, 1.82) is 0 Å². The van der Waals surface area contributed by atoms with Gasteiger partial charge in [-0.2, -0.15) is 0 Å². The summed E-state index contributed by atoms with van der Waals surface area (Å²) in [6.45, 7) is 5.96. The Balaban J connectivity index is 0.953. The van der Waals surface area contributed by atoms with Gasteiger partial charge < -0.3 is 29.8 Å². The topological polar surface area (TPSA) is 146 Å². The fraction of sp³-hybridized carbons (Fsp3) is 0.516. The van der Waals surface area contributed by atoms with E-state index in [9.17, 15) is 14.7 Å². The van der Waals surface area contributed by atoms with Crippen molar-refractivity contribution in [2.45, 2.75) is 83.3 Å². The number of aromatic nitrogens is 3. The quantitative estimate of drug-likeness (QED) is 0.322. The van der Waals surface area contributed by atoms with Crippen molar-refractivity contribution in [3.63, 3.8) is 0 Å². The van der Waals surface area contributed by atoms with E-state index < -0.39 is 6.10 Å². The van der Waals surface area contributed by atoms with Crippen molar-refractivity contribution < 1.29 is 23.8 Å². The standard InChI is InChI=1S/C31H39N7O5/c1-19-29(43-18-35-19)16-42-27-6-3-22-14-37(8-7-21(22)9-27)15-26(40)13-32-31(41)28-12-30(34-17-33-28)36-23-10-24-4-5-25(11-23)38(24)20(2)39/h3,6,9,12,17-18,23-26,40H,4-5,7-8,10-11,13-16H2,1-2H3,(H,32,41)(H,33,34,36)/t23?,24-,25+,26-/m0/s1. The van der Waals surface area contributed by atoms with Crippen LogP contribution in [0.1, 0.15) is 65.7 Å². The van der Waals surface area contributed by atoms with E-state index in [0.29, 0.717) is 19.0 Å². The summed E-state index contributed by atoms with van der Waals surface area (Å²) in [5, 5.41) is 16.9. The predicted molar refractivity (Wildman–Crippen MR) is 157 cm³/mol. The van der Waals surface area contributed by atoms with Crippen molar-refractivity contribution in [1.82, 2.24) is 30.1 Å². The minimum atomic E-state index is -0.723. The largest absolute Gasteiger partial charge is 0.486 e. The Morgan fingerprint density at radius 1 is 1.14 bits per heavy atom. The van der Waals surface area contributed by atoms with Crippen molar-refractivity contribution in [2.75, 3.05) is 25.0 Å². The molecule has 4 atom stereocenters. The highest BCUT2D eigenvalue weighted by molar-refractivity contribution is 5.92. The first kappa shape index (κ1) is 29.1. The number of ether oxygens (including phenoxy) is 1. The van der Waals surface area contributed by atoms with E-state index in [1.165, 1.54) is 23.8 Å². The number of carbonyl (C=O) groups excluding carboxylic acids is 2. The molecule has 3 N–H and O–H groups in total. The minimum Gasteiger partial charge on any atom is -0.486 e. The third-order valence-electron chi connectivity index (χ3n) is 8.80. The lowest BCUT2D eigenvalue weighted by Gasteiger charge is -2.38. The van der Waals surface area contributed by atoms with E-state index in [4.69, 9.17) is 9.15 Å². The lowest BCUT2D eigenvalue weighted by atomic mass is 9.97. The summed E-state index contributed by atoms with van der Waals surface area (Å²) < 4.78 is 11.2. The number of aliphatic hydroxyl groups excluding tert-OH is 1. The van der Waals surface area contributed by atoms with Gasteiger partial charge in [0.05, 0.1) is 11.8 Å². The minimum absolute atomic E-state index is 0.121. The van der Waals surface area contributed by atoms with E-state index in [1.54, 1.807) is 13.0 Å². The number of anilines is 1. The molecule has 228 valence electrons. The molecule has 3 aromatic rings. The van der Waals surface area contributed by atoms with Gasteiger partial charge in [0.2, 0.25) is 5.91 Å². The van der Waals surface area contributed by atoms with Gasteiger partial charge in [0.1, 0.15) is 30.2 Å². The summed E-state index contributed by atoms with van der Waals surface area (Å²) in [5.74, 6) is 1.90. The second-order valence-corrected chi connectivity index (χ2v) is 11.8. The van der Waals surface area contributed by atoms with Crippen LogP contribution >= 0.6 is 0 Å². The van der Waals surface area contributed by atoms with Crippen LogP contribution in [0.3, 0.4) is 0 Å². The van der Waals surface area contributed by atoms with Crippen LogP contribution in [-0.4, -0.2) is 85.5 Å². The SMILES string of the molecule is CC(=O)N1[C@@H]2CC[C@H]1CC(Nc1cc(C(=O)NC[C@H](O)CN3CCc4cc(OCc5ocnc5C)ccc4C3)ncn1)C2. The molecule has 12 nitrogen and oxygen atoms in total. The van der Waals surface area contributed by atoms with Gasteiger partial charge in [-0.1, -0.05) is 6.07 Å². The highest BCUT2D eigenvalue weighted by Crippen LogP contribution is 2.36. The first-order chi connectivity index (χ1) is 20.8. The van der Waals surface area contributed by atoms with Gasteiger partial charge >= 0.3 is 0 Å². The second-order valence-electron chi connectivity index (χ2n) is 11.8. The zero-order chi connectivity index (χ0) is 29.9. The van der Waals surface area contributed by atoms with Crippen molar-refractivity contribution >= 4 is 17.6 Å². The zero-order valence-corrected chi connectivity index (χ0v) is 24.7. The van der Waals surface area contributed by atoms with Crippen LogP contribution in [0.4, 0.5) is 5.82 Å². The molecule has 0 spiro atoms. The summed E-state index contributed by atoms with van der Waals surface area (Å²) in [6, 6.07) is 8.45. The van der Waals surface area contributed by atoms with Crippen molar-refractivity contribution in [3.8, 4) is 5.75 Å². The molecule has 3 aliphatic rings. The second kappa shape index (κ2) is 12.7. The van der Waals surface area contributed by atoms with E-state index in [-0.39, 0.29) is 42.2 Å². The van der Waals surface area contributed by atoms with Gasteiger partial charge in [0.25, 0.3) is 5.91 Å². The predicted octanol–water partition coefficient (Wildman–Crippen LogP) is 2.45. The van der Waals surface area contributed by atoms with Gasteiger partial charge in [-0.15, -0.1) is 0 Å². The highest BCUT2D eigenvalue weighted by Gasteiger charge is 2.42. The molecular formula is C31H39N7O5. The first-order valence-electron chi connectivity index (χ1n) is 15.0. The number of rotatable bonds is 10. The van der Waals surface area contributed by atoms with E-state index in [0.717, 1.165) is 62.4 Å². The fourth-order valence-corrected chi connectivity index (χ4v) is 6.69. The fourth-order valence-electron chi connectivity index (χ4n) is 6.69. The number of hydrogen-bond donors (Lipinski definition) is 3. The Bertz CT molecular complexity index is 1450. The molecule has 12 heteroatoms. The molecule has 1 unspecified atom stereocenters. The summed E-state index contributed by atoms with van der Waals surface area (Å²) >= 11 is 0. The van der Waals surface area contributed by atoms with Gasteiger partial charge in [-0.05, 0) is 62.3 Å². The number of fused-ring (bicyclic) bond motifs is 3. The number of hydrogen-bond acceptors (Lipinski definition) is 10. The van der Waals surface area contributed by atoms with Crippen LogP contribution in [0.15, 0.2) is 41.4 Å². The van der Waals surface area contributed by atoms with Gasteiger partial charge in [-0.3, -0.25) is 14.5 Å². The Morgan fingerprint density at radius 3 is 2.70 bits per heavy atom. The van der Waals surface area contributed by atoms with Crippen LogP contribution in [0, 0.1) is 6.92 Å². The van der Waals surface area contributed by atoms with Crippen molar-refractivity contribution in [2.24, 2.45) is 0 Å². The van der Waals surface area contributed by atoms with E-state index in [2.05, 4.69) is 42.6 Å². The molecule has 0 saturated carbocycles. The lowest BCUT2D eigenvalue weighted by Crippen LogP contribution is -2.49. The molecule has 6 rings (SSSR count). The number of amides is 2. The molecule has 2 amide bonds. The molecule has 1 aromatic carbocycles. The van der Waals surface area contributed by atoms with Crippen LogP contribution in [0.25, 0.3) is 0 Å². The number of nitrogens with zero attached hydrogens (tertiary/aromatic N) is 5. The molecule has 2 aromatic heterocycles. The Morgan fingerprint density at radius 2 is 1.95 bits per heavy atom. The third-order valence-corrected chi connectivity index (χ3v) is 8.80. The smallest absolute Gasteiger partial charge is 0.270 e. The van der Waals surface area contributed by atoms with E-state index in [1.807, 2.05) is 17.9 Å². The maximum atomic E-state index is 12.8. The molecule has 2 fully saturated rings. The monoisotopic (exact) mass is 589 g/mol. The third kappa shape index (κ3) is 6.80. The van der Waals surface area contributed by atoms with Crippen LogP contribution < -0.4 is 15.4 Å². The maximum absolute atomic E-state index is 12.8. The number of piperidine rings is 1. The Labute approximate surface area is 250 Å². The molecular weight excluding hydrogens is 550 g/mol. The van der Waals surface area contributed by atoms with Crippen molar-refractivity contribution in [3.05, 3.63) is 65.3 Å². The molecule has 43 heavy (non-hydrogen) atoms. The molecule has 3 aliphatic heterocycles. The molecule has 5 heterocycles. The molecule has 0 aliphatic carbocycles. The van der Waals surface area contributed by atoms with Crippen LogP contribution in [-0.2, 0) is 24.4 Å². The average molecular weight is 590 g/mol. The Hall–Kier alpha value is -4.03.